The molecule has 6 heteroatoms. The van der Waals surface area contributed by atoms with Gasteiger partial charge in [0.1, 0.15) is 0 Å². The topological polar surface area (TPSA) is 18.5 Å². The van der Waals surface area contributed by atoms with E-state index in [4.69, 9.17) is 9.47 Å². The second-order valence-electron chi connectivity index (χ2n) is 8.50. The standard InChI is InChI=1S/C29H30F4O2/c1-5-35-19(3)27(31)26(30)18(2)6-7-20-8-10-21(11-9-20)24-16-17-25(29(33)28(24)32)22-12-14-23(34-4)15-13-22/h6-11,16-17,22-23H,2-3,5,12-15H2,1,4H3/b7-6+,27-26-. The van der Waals surface area contributed by atoms with Gasteiger partial charge in [0.05, 0.1) is 12.7 Å². The molecule has 1 aliphatic rings. The molecule has 0 heterocycles. The Morgan fingerprint density at radius 3 is 2.20 bits per heavy atom. The number of methoxy groups -OCH3 is 1. The molecular formula is C29H30F4O2. The zero-order chi connectivity index (χ0) is 25.5. The van der Waals surface area contributed by atoms with E-state index in [1.54, 1.807) is 56.5 Å². The van der Waals surface area contributed by atoms with Crippen LogP contribution in [0.5, 0.6) is 0 Å². The van der Waals surface area contributed by atoms with Crippen molar-refractivity contribution in [1.29, 1.82) is 0 Å². The van der Waals surface area contributed by atoms with Gasteiger partial charge in [-0.15, -0.1) is 0 Å². The zero-order valence-corrected chi connectivity index (χ0v) is 20.1. The first-order valence-electron chi connectivity index (χ1n) is 11.6. The van der Waals surface area contributed by atoms with Crippen molar-refractivity contribution >= 4 is 6.08 Å². The van der Waals surface area contributed by atoms with Gasteiger partial charge in [0.2, 0.25) is 5.83 Å². The summed E-state index contributed by atoms with van der Waals surface area (Å²) in [5.74, 6) is -4.46. The third-order valence-electron chi connectivity index (χ3n) is 6.30. The van der Waals surface area contributed by atoms with Gasteiger partial charge >= 0.3 is 0 Å². The SMILES string of the molecule is C=C(/C=C/c1ccc(-c2ccc(C3CCC(OC)CC3)c(F)c2F)cc1)/C(F)=C(/F)C(=C)OCC. The lowest BCUT2D eigenvalue weighted by Gasteiger charge is -2.28. The van der Waals surface area contributed by atoms with Gasteiger partial charge in [-0.25, -0.2) is 13.2 Å². The minimum absolute atomic E-state index is 0.0180. The van der Waals surface area contributed by atoms with E-state index in [2.05, 4.69) is 13.2 Å². The van der Waals surface area contributed by atoms with Gasteiger partial charge in [0.15, 0.2) is 23.2 Å². The maximum Gasteiger partial charge on any atom is 0.200 e. The molecule has 0 saturated heterocycles. The third kappa shape index (κ3) is 6.31. The van der Waals surface area contributed by atoms with Gasteiger partial charge in [0.25, 0.3) is 0 Å². The molecule has 1 saturated carbocycles. The highest BCUT2D eigenvalue weighted by Gasteiger charge is 2.26. The van der Waals surface area contributed by atoms with Crippen LogP contribution in [0, 0.1) is 11.6 Å². The van der Waals surface area contributed by atoms with E-state index in [0.717, 1.165) is 25.7 Å². The first-order valence-corrected chi connectivity index (χ1v) is 11.6. The highest BCUT2D eigenvalue weighted by Crippen LogP contribution is 2.37. The number of hydrogen-bond acceptors (Lipinski definition) is 2. The van der Waals surface area contributed by atoms with Crippen molar-refractivity contribution < 1.29 is 27.0 Å². The average Bonchev–Trinajstić information content (AvgIpc) is 2.88. The lowest BCUT2D eigenvalue weighted by molar-refractivity contribution is 0.0655. The quantitative estimate of drug-likeness (QED) is 0.201. The van der Waals surface area contributed by atoms with Gasteiger partial charge < -0.3 is 9.47 Å². The van der Waals surface area contributed by atoms with Crippen molar-refractivity contribution in [2.75, 3.05) is 13.7 Å². The summed E-state index contributed by atoms with van der Waals surface area (Å²) in [5.41, 5.74) is 1.56. The largest absolute Gasteiger partial charge is 0.491 e. The Bertz CT molecular complexity index is 1120. The number of allylic oxidation sites excluding steroid dienone is 4. The highest BCUT2D eigenvalue weighted by atomic mass is 19.2. The Morgan fingerprint density at radius 2 is 1.60 bits per heavy atom. The monoisotopic (exact) mass is 486 g/mol. The van der Waals surface area contributed by atoms with Crippen LogP contribution in [0.1, 0.15) is 49.7 Å². The second kappa shape index (κ2) is 12.0. The fourth-order valence-electron chi connectivity index (χ4n) is 4.26. The van der Waals surface area contributed by atoms with Crippen LogP contribution in [0.4, 0.5) is 17.6 Å². The Balaban J connectivity index is 1.73. The first-order chi connectivity index (χ1) is 16.8. The fourth-order valence-corrected chi connectivity index (χ4v) is 4.26. The number of hydrogen-bond donors (Lipinski definition) is 0. The minimum atomic E-state index is -1.20. The van der Waals surface area contributed by atoms with Crippen LogP contribution < -0.4 is 0 Å². The summed E-state index contributed by atoms with van der Waals surface area (Å²) in [6.45, 7) is 8.65. The Kier molecular flexibility index (Phi) is 9.10. The summed E-state index contributed by atoms with van der Waals surface area (Å²) in [4.78, 5) is 0. The molecule has 0 amide bonds. The summed E-state index contributed by atoms with van der Waals surface area (Å²) < 4.78 is 68.3. The van der Waals surface area contributed by atoms with Gasteiger partial charge in [0, 0.05) is 18.2 Å². The van der Waals surface area contributed by atoms with E-state index in [0.29, 0.717) is 16.7 Å². The molecule has 2 nitrogen and oxygen atoms in total. The maximum absolute atomic E-state index is 15.0. The van der Waals surface area contributed by atoms with Crippen molar-refractivity contribution in [2.24, 2.45) is 0 Å². The summed E-state index contributed by atoms with van der Waals surface area (Å²) in [6.07, 6.45) is 6.23. The van der Waals surface area contributed by atoms with Gasteiger partial charge in [-0.3, -0.25) is 0 Å². The first kappa shape index (κ1) is 26.5. The van der Waals surface area contributed by atoms with Crippen LogP contribution >= 0.6 is 0 Å². The minimum Gasteiger partial charge on any atom is -0.491 e. The van der Waals surface area contributed by atoms with Crippen LogP contribution in [0.2, 0.25) is 0 Å². The molecule has 0 unspecified atom stereocenters. The van der Waals surface area contributed by atoms with Crippen molar-refractivity contribution in [1.82, 2.24) is 0 Å². The molecule has 0 aromatic heterocycles. The van der Waals surface area contributed by atoms with Gasteiger partial charge in [-0.2, -0.15) is 4.39 Å². The van der Waals surface area contributed by atoms with Crippen LogP contribution in [0.15, 0.2) is 78.6 Å². The van der Waals surface area contributed by atoms with Gasteiger partial charge in [-0.1, -0.05) is 61.7 Å². The van der Waals surface area contributed by atoms with Gasteiger partial charge in [-0.05, 0) is 55.2 Å². The summed E-state index contributed by atoms with van der Waals surface area (Å²) in [7, 11) is 1.67. The molecule has 1 aliphatic carbocycles. The van der Waals surface area contributed by atoms with Crippen LogP contribution in [-0.2, 0) is 9.47 Å². The van der Waals surface area contributed by atoms with Crippen LogP contribution in [0.25, 0.3) is 17.2 Å². The summed E-state index contributed by atoms with van der Waals surface area (Å²) in [6, 6.07) is 9.92. The third-order valence-corrected chi connectivity index (χ3v) is 6.30. The molecule has 0 N–H and O–H groups in total. The van der Waals surface area contributed by atoms with E-state index in [1.807, 2.05) is 0 Å². The van der Waals surface area contributed by atoms with E-state index in [1.165, 1.54) is 6.08 Å². The molecule has 2 aromatic carbocycles. The fraction of sp³-hybridized carbons (Fsp3) is 0.310. The van der Waals surface area contributed by atoms with Crippen molar-refractivity contribution in [3.8, 4) is 11.1 Å². The molecule has 1 fully saturated rings. The second-order valence-corrected chi connectivity index (χ2v) is 8.50. The highest BCUT2D eigenvalue weighted by molar-refractivity contribution is 5.67. The van der Waals surface area contributed by atoms with Crippen molar-refractivity contribution in [2.45, 2.75) is 44.6 Å². The number of halogens is 4. The number of ether oxygens (including phenoxy) is 2. The van der Waals surface area contributed by atoms with Crippen molar-refractivity contribution in [3.05, 3.63) is 101 Å². The van der Waals surface area contributed by atoms with Crippen molar-refractivity contribution in [3.63, 3.8) is 0 Å². The molecule has 186 valence electrons. The molecular weight excluding hydrogens is 456 g/mol. The predicted octanol–water partition coefficient (Wildman–Crippen LogP) is 8.57. The summed E-state index contributed by atoms with van der Waals surface area (Å²) >= 11 is 0. The van der Waals surface area contributed by atoms with Crippen LogP contribution in [0.3, 0.4) is 0 Å². The molecule has 35 heavy (non-hydrogen) atoms. The Labute approximate surface area is 204 Å². The molecule has 3 rings (SSSR count). The van der Waals surface area contributed by atoms with E-state index in [-0.39, 0.29) is 29.8 Å². The normalized spacial score (nSPS) is 18.9. The molecule has 0 spiro atoms. The molecule has 0 aliphatic heterocycles. The number of rotatable bonds is 9. The lowest BCUT2D eigenvalue weighted by Crippen LogP contribution is -2.20. The van der Waals surface area contributed by atoms with E-state index >= 15 is 0 Å². The maximum atomic E-state index is 15.0. The predicted molar refractivity (Wildman–Crippen MR) is 132 cm³/mol. The Morgan fingerprint density at radius 1 is 0.943 bits per heavy atom. The lowest BCUT2D eigenvalue weighted by atomic mass is 9.82. The Hall–Kier alpha value is -3.12. The van der Waals surface area contributed by atoms with E-state index in [9.17, 15) is 17.6 Å². The summed E-state index contributed by atoms with van der Waals surface area (Å²) in [5, 5.41) is 0. The molecule has 0 atom stereocenters. The molecule has 2 aromatic rings. The van der Waals surface area contributed by atoms with Crippen LogP contribution in [-0.4, -0.2) is 19.8 Å². The molecule has 0 radical (unpaired) electrons. The zero-order valence-electron chi connectivity index (χ0n) is 20.1. The average molecular weight is 487 g/mol. The smallest absolute Gasteiger partial charge is 0.200 e. The van der Waals surface area contributed by atoms with E-state index < -0.39 is 29.0 Å². The number of benzene rings is 2. The molecule has 0 bridgehead atoms.